The average Bonchev–Trinajstić information content (AvgIpc) is 4.09. The fourth-order valence-electron chi connectivity index (χ4n) is 4.77. The highest BCUT2D eigenvalue weighted by Crippen LogP contribution is 2.34. The number of imidazole rings is 4. The first-order valence-electron chi connectivity index (χ1n) is 21.7. The van der Waals surface area contributed by atoms with Crippen molar-refractivity contribution in [2.75, 3.05) is 13.2 Å². The molecule has 1 saturated heterocycles. The first-order chi connectivity index (χ1) is 30.0. The summed E-state index contributed by atoms with van der Waals surface area (Å²) < 4.78 is 5.10. The Bertz CT molecular complexity index is 2130. The maximum absolute atomic E-state index is 11.2. The maximum Gasteiger partial charge on any atom is 0.323 e. The number of nitrogens with one attached hydrogen (secondary N) is 8. The smallest absolute Gasteiger partial charge is 0.323 e. The third kappa shape index (κ3) is 20.8. The lowest BCUT2D eigenvalue weighted by atomic mass is 9.78. The van der Waals surface area contributed by atoms with E-state index in [1.54, 1.807) is 45.0 Å². The molecule has 8 N–H and O–H groups in total. The molecule has 64 heavy (non-hydrogen) atoms. The minimum absolute atomic E-state index is 0.0421. The summed E-state index contributed by atoms with van der Waals surface area (Å²) in [5.41, 5.74) is 5.07. The van der Waals surface area contributed by atoms with E-state index in [0.717, 1.165) is 24.8 Å². The van der Waals surface area contributed by atoms with Crippen molar-refractivity contribution in [3.63, 3.8) is 0 Å². The molecule has 18 nitrogen and oxygen atoms in total. The molecule has 354 valence electrons. The molecule has 0 atom stereocenters. The normalized spacial score (nSPS) is 12.3. The van der Waals surface area contributed by atoms with E-state index in [0.29, 0.717) is 40.1 Å². The zero-order valence-electron chi connectivity index (χ0n) is 40.5. The monoisotopic (exact) mass is 891 g/mol. The molecular formula is C46H74N12O6. The van der Waals surface area contributed by atoms with Crippen LogP contribution in [-0.4, -0.2) is 90.8 Å². The summed E-state index contributed by atoms with van der Waals surface area (Å²) in [5, 5.41) is 12.9. The van der Waals surface area contributed by atoms with Crippen LogP contribution >= 0.6 is 0 Å². The van der Waals surface area contributed by atoms with Crippen molar-refractivity contribution in [3.05, 3.63) is 117 Å². The van der Waals surface area contributed by atoms with Crippen LogP contribution in [0.5, 0.6) is 0 Å². The van der Waals surface area contributed by atoms with Gasteiger partial charge in [0.25, 0.3) is 0 Å². The standard InChI is InChI=1S/C7H10N2O2.2C7H10N2O.C7H14O.C6H10N2O.2C6H10N2/c1-4(2)6(10)5-3-8-7(11)9-5;1-5(2)7(10)6-3-8-4-9-6;1-5(2)7(10)6-3-8-9-4-6;1-6(2)7(3)4-8-5-7;1-4(2)5-3-7-6(9)8-5;1-5(2)6-3-7-4-8-6;1-5(2)6-3-7-8-4-6/h3-4H,1-2H3,(H2,8,9,11);2*3-5H,1-2H3,(H,8,9);6H,4-5H2,1-3H3;3-4H,1-2H3,(H2,7,8,9);2*3-5H,1-2H3,(H,7,8). The number of aromatic amines is 8. The van der Waals surface area contributed by atoms with Gasteiger partial charge in [0.1, 0.15) is 11.4 Å². The van der Waals surface area contributed by atoms with Crippen LogP contribution in [0.3, 0.4) is 0 Å². The molecule has 6 aromatic heterocycles. The lowest BCUT2D eigenvalue weighted by molar-refractivity contribution is -0.126. The zero-order valence-corrected chi connectivity index (χ0v) is 40.5. The summed E-state index contributed by atoms with van der Waals surface area (Å²) in [5.74, 6) is 2.53. The quantitative estimate of drug-likeness (QED) is 0.0606. The van der Waals surface area contributed by atoms with Crippen molar-refractivity contribution in [1.29, 1.82) is 0 Å². The van der Waals surface area contributed by atoms with E-state index in [2.05, 4.69) is 109 Å². The first kappa shape index (κ1) is 55.8. The molecule has 1 aliphatic heterocycles. The molecule has 7 rings (SSSR count). The van der Waals surface area contributed by atoms with Crippen LogP contribution in [0.25, 0.3) is 0 Å². The number of nitrogens with zero attached hydrogens (tertiary/aromatic N) is 4. The van der Waals surface area contributed by atoms with Crippen LogP contribution in [-0.2, 0) is 4.74 Å². The molecule has 0 amide bonds. The van der Waals surface area contributed by atoms with Crippen LogP contribution in [0.1, 0.15) is 170 Å². The van der Waals surface area contributed by atoms with E-state index in [-0.39, 0.29) is 46.5 Å². The van der Waals surface area contributed by atoms with Gasteiger partial charge >= 0.3 is 11.4 Å². The van der Waals surface area contributed by atoms with Gasteiger partial charge < -0.3 is 34.6 Å². The number of carbonyl (C=O) groups is 3. The Kier molecular flexibility index (Phi) is 24.9. The van der Waals surface area contributed by atoms with Gasteiger partial charge in [-0.05, 0) is 29.2 Å². The fraction of sp³-hybridized carbons (Fsp3) is 0.543. The molecule has 7 heterocycles. The molecule has 0 aromatic carbocycles. The van der Waals surface area contributed by atoms with Gasteiger partial charge in [-0.2, -0.15) is 10.2 Å². The van der Waals surface area contributed by atoms with Crippen LogP contribution in [0.4, 0.5) is 0 Å². The van der Waals surface area contributed by atoms with E-state index in [1.807, 2.05) is 60.1 Å². The minimum Gasteiger partial charge on any atom is -0.380 e. The number of carbonyl (C=O) groups excluding carboxylic acids is 3. The Morgan fingerprint density at radius 2 is 1.06 bits per heavy atom. The second kappa shape index (κ2) is 28.5. The molecule has 18 heteroatoms. The Morgan fingerprint density at radius 3 is 1.34 bits per heavy atom. The van der Waals surface area contributed by atoms with Crippen molar-refractivity contribution >= 4 is 17.3 Å². The Morgan fingerprint density at radius 1 is 0.547 bits per heavy atom. The van der Waals surface area contributed by atoms with E-state index in [4.69, 9.17) is 4.74 Å². The number of hydrogen-bond acceptors (Lipinski definition) is 10. The van der Waals surface area contributed by atoms with Crippen LogP contribution in [0.15, 0.2) is 71.8 Å². The molecule has 0 bridgehead atoms. The number of Topliss-reactive ketones (excluding diaryl/α,β-unsaturated/α-hetero) is 3. The third-order valence-corrected chi connectivity index (χ3v) is 9.80. The number of aromatic nitrogens is 12. The molecule has 0 unspecified atom stereocenters. The van der Waals surface area contributed by atoms with Gasteiger partial charge in [-0.25, -0.2) is 19.6 Å². The lowest BCUT2D eigenvalue weighted by Gasteiger charge is -2.41. The molecule has 0 spiro atoms. The van der Waals surface area contributed by atoms with Crippen molar-refractivity contribution in [2.24, 2.45) is 29.1 Å². The van der Waals surface area contributed by atoms with Gasteiger partial charge in [0.15, 0.2) is 17.3 Å². The van der Waals surface area contributed by atoms with Crippen molar-refractivity contribution in [3.8, 4) is 0 Å². The number of ether oxygens (including phenoxy) is 1. The Balaban J connectivity index is 0.000000374. The van der Waals surface area contributed by atoms with Crippen molar-refractivity contribution in [1.82, 2.24) is 60.3 Å². The summed E-state index contributed by atoms with van der Waals surface area (Å²) in [6.45, 7) is 32.4. The van der Waals surface area contributed by atoms with E-state index in [9.17, 15) is 24.0 Å². The highest BCUT2D eigenvalue weighted by atomic mass is 16.5. The van der Waals surface area contributed by atoms with Gasteiger partial charge in [0.05, 0.1) is 50.0 Å². The molecule has 0 aliphatic carbocycles. The summed E-state index contributed by atoms with van der Waals surface area (Å²) in [6.07, 6.45) is 16.6. The highest BCUT2D eigenvalue weighted by Gasteiger charge is 2.36. The van der Waals surface area contributed by atoms with Crippen molar-refractivity contribution in [2.45, 2.75) is 122 Å². The zero-order chi connectivity index (χ0) is 48.6. The largest absolute Gasteiger partial charge is 0.380 e. The number of rotatable bonds is 10. The van der Waals surface area contributed by atoms with Gasteiger partial charge in [0, 0.05) is 65.5 Å². The van der Waals surface area contributed by atoms with Gasteiger partial charge in [-0.15, -0.1) is 0 Å². The molecule has 1 aliphatic rings. The molecule has 6 aromatic rings. The maximum atomic E-state index is 11.2. The molecular weight excluding hydrogens is 817 g/mol. The van der Waals surface area contributed by atoms with Gasteiger partial charge in [-0.1, -0.05) is 104 Å². The summed E-state index contributed by atoms with van der Waals surface area (Å²) >= 11 is 0. The van der Waals surface area contributed by atoms with E-state index < -0.39 is 0 Å². The molecule has 1 fully saturated rings. The number of H-pyrrole nitrogens is 8. The lowest BCUT2D eigenvalue weighted by Crippen LogP contribution is -2.43. The third-order valence-electron chi connectivity index (χ3n) is 9.80. The SMILES string of the molecule is CC(C)C(=O)c1c[nH]c(=O)[nH]1.CC(C)C(=O)c1cn[nH]c1.CC(C)C(=O)c1cnc[nH]1.CC(C)C1(C)COC1.CC(C)c1c[nH]c(=O)[nH]1.CC(C)c1cn[nH]c1.CC(C)c1cnc[nH]1. The number of hydrogen-bond donors (Lipinski definition) is 8. The summed E-state index contributed by atoms with van der Waals surface area (Å²) in [7, 11) is 0. The van der Waals surface area contributed by atoms with E-state index in [1.165, 1.54) is 23.8 Å². The minimum atomic E-state index is -0.339. The number of ketones is 3. The second-order valence-corrected chi connectivity index (χ2v) is 17.7. The van der Waals surface area contributed by atoms with Crippen LogP contribution < -0.4 is 11.4 Å². The summed E-state index contributed by atoms with van der Waals surface area (Å²) in [4.78, 5) is 77.9. The Hall–Kier alpha value is -6.17. The van der Waals surface area contributed by atoms with Gasteiger partial charge in [0.2, 0.25) is 0 Å². The Labute approximate surface area is 376 Å². The first-order valence-corrected chi connectivity index (χ1v) is 21.7. The highest BCUT2D eigenvalue weighted by molar-refractivity contribution is 5.97. The molecule has 0 saturated carbocycles. The predicted molar refractivity (Wildman–Crippen MR) is 251 cm³/mol. The van der Waals surface area contributed by atoms with Crippen LogP contribution in [0, 0.1) is 29.1 Å². The van der Waals surface area contributed by atoms with E-state index >= 15 is 0 Å². The average molecular weight is 891 g/mol. The summed E-state index contributed by atoms with van der Waals surface area (Å²) in [6, 6.07) is 0. The van der Waals surface area contributed by atoms with Crippen molar-refractivity contribution < 1.29 is 19.1 Å². The predicted octanol–water partition coefficient (Wildman–Crippen LogP) is 8.61. The second-order valence-electron chi connectivity index (χ2n) is 17.7. The molecule has 0 radical (unpaired) electrons. The fourth-order valence-corrected chi connectivity index (χ4v) is 4.77. The topological polar surface area (TPSA) is 272 Å². The van der Waals surface area contributed by atoms with Gasteiger partial charge in [-0.3, -0.25) is 24.6 Å². The van der Waals surface area contributed by atoms with Crippen LogP contribution in [0.2, 0.25) is 0 Å².